The van der Waals surface area contributed by atoms with Gasteiger partial charge in [0.15, 0.2) is 5.78 Å². The van der Waals surface area contributed by atoms with Crippen molar-refractivity contribution >= 4 is 98.1 Å². The first-order chi connectivity index (χ1) is 50.3. The summed E-state index contributed by atoms with van der Waals surface area (Å²) in [4.78, 5) is 131. The predicted octanol–water partition coefficient (Wildman–Crippen LogP) is -1.72. The van der Waals surface area contributed by atoms with Gasteiger partial charge in [0, 0.05) is 65.7 Å². The third-order valence-electron chi connectivity index (χ3n) is 11.8. The largest absolute Gasteiger partial charge is 1.00 e. The van der Waals surface area contributed by atoms with Crippen molar-refractivity contribution in [3.63, 3.8) is 0 Å². The fraction of sp³-hybridized carbons (Fsp3) is 0.403. The molecule has 0 radical (unpaired) electrons. The number of nitrogens with zero attached hydrogens (tertiary/aromatic N) is 11. The summed E-state index contributed by atoms with van der Waals surface area (Å²) in [5.74, 6) is 0.569. The number of benzene rings is 2. The van der Waals surface area contributed by atoms with E-state index in [-0.39, 0.29) is 164 Å². The van der Waals surface area contributed by atoms with Crippen molar-refractivity contribution in [3.05, 3.63) is 168 Å². The van der Waals surface area contributed by atoms with Crippen molar-refractivity contribution < 1.29 is 204 Å². The van der Waals surface area contributed by atoms with E-state index >= 15 is 0 Å². The molecule has 0 atom stereocenters. The number of carbonyl (C=O) groups excluding carboxylic acids is 8. The van der Waals surface area contributed by atoms with Crippen molar-refractivity contribution in [3.8, 4) is 0 Å². The number of aryl methyl sites for hydroxylation is 10. The van der Waals surface area contributed by atoms with E-state index in [1.54, 1.807) is 79.9 Å². The second-order valence-electron chi connectivity index (χ2n) is 20.7. The van der Waals surface area contributed by atoms with Gasteiger partial charge in [-0.1, -0.05) is 36.4 Å². The summed E-state index contributed by atoms with van der Waals surface area (Å²) in [6.07, 6.45) is 2.47. The van der Waals surface area contributed by atoms with E-state index in [0.29, 0.717) is 42.8 Å². The minimum Gasteiger partial charge on any atom is -0.870 e. The molecule has 0 saturated heterocycles. The number of carboxylic acid groups (broad SMARTS) is 2. The first-order valence-electron chi connectivity index (χ1n) is 31.5. The van der Waals surface area contributed by atoms with Crippen LogP contribution in [0.5, 0.6) is 0 Å². The smallest absolute Gasteiger partial charge is 0.870 e. The zero-order valence-corrected chi connectivity index (χ0v) is 74.6. The number of hydrazine groups is 1. The Balaban J connectivity index is -0.000000133. The number of carbonyl (C=O) groups is 10. The third kappa shape index (κ3) is 51.8. The Labute approximate surface area is 718 Å². The van der Waals surface area contributed by atoms with E-state index < -0.39 is 78.9 Å². The molecule has 7 rings (SSSR count). The number of para-hydroxylation sites is 2. The van der Waals surface area contributed by atoms with Crippen molar-refractivity contribution in [2.75, 3.05) is 64.8 Å². The number of Topliss-reactive ketones (excluding diaryl/α,β-unsaturated/α-hetero) is 1. The monoisotopic (exact) mass is 1750 g/mol. The summed E-state index contributed by atoms with van der Waals surface area (Å²) in [6, 6.07) is 18.3. The molecule has 43 nitrogen and oxygen atoms in total. The molecule has 2 aromatic carbocycles. The summed E-state index contributed by atoms with van der Waals surface area (Å²) in [6.45, 7) is 26.7. The molecule has 0 saturated carbocycles. The number of ether oxygens (including phenoxy) is 5. The molecule has 0 spiro atoms. The van der Waals surface area contributed by atoms with Crippen molar-refractivity contribution in [2.24, 2.45) is 44.9 Å². The number of nitrogen functional groups attached to an aromatic ring is 1. The molecule has 0 fully saturated rings. The number of nitrogens with two attached hydrogens (primary N) is 3. The van der Waals surface area contributed by atoms with Gasteiger partial charge in [-0.15, -0.1) is 0 Å². The number of aromatic nitrogens is 8. The molecule has 0 unspecified atom stereocenters. The number of ketones is 2. The summed E-state index contributed by atoms with van der Waals surface area (Å²) in [5.41, 5.74) is 12.0. The average Bonchev–Trinajstić information content (AvgIpc) is 1.65. The van der Waals surface area contributed by atoms with Crippen LogP contribution in [0.1, 0.15) is 138 Å². The molecule has 1 aliphatic rings. The molecule has 12 N–H and O–H groups in total. The maximum atomic E-state index is 12.2. The molecular weight excluding hydrogens is 1650 g/mol. The van der Waals surface area contributed by atoms with Gasteiger partial charge in [-0.25, -0.2) is 33.6 Å². The van der Waals surface area contributed by atoms with Crippen LogP contribution in [0.4, 0.5) is 22.7 Å². The minimum absolute atomic E-state index is 0. The van der Waals surface area contributed by atoms with Gasteiger partial charge in [0.2, 0.25) is 11.4 Å². The topological polar surface area (TPSA) is 654 Å². The number of amides is 1. The van der Waals surface area contributed by atoms with Gasteiger partial charge in [-0.2, -0.15) is 28.8 Å². The second kappa shape index (κ2) is 67.8. The Morgan fingerprint density at radius 3 is 1.25 bits per heavy atom. The van der Waals surface area contributed by atoms with E-state index in [4.69, 9.17) is 25.4 Å². The molecule has 6 aromatic rings. The molecule has 1 aliphatic heterocycles. The fourth-order valence-corrected chi connectivity index (χ4v) is 7.45. The fourth-order valence-electron chi connectivity index (χ4n) is 7.32. The summed E-state index contributed by atoms with van der Waals surface area (Å²) in [7, 11) is 4.58. The van der Waals surface area contributed by atoms with Gasteiger partial charge in [0.25, 0.3) is 5.91 Å². The molecule has 47 heteroatoms. The second-order valence-corrected chi connectivity index (χ2v) is 22.1. The van der Waals surface area contributed by atoms with E-state index in [1.807, 2.05) is 64.1 Å². The molecule has 0 bridgehead atoms. The van der Waals surface area contributed by atoms with Gasteiger partial charge in [-0.05, 0) is 157 Å². The predicted molar refractivity (Wildman–Crippen MR) is 401 cm³/mol. The quantitative estimate of drug-likeness (QED) is 0.00505. The first kappa shape index (κ1) is 125. The maximum Gasteiger partial charge on any atom is 1.00 e. The van der Waals surface area contributed by atoms with Crippen LogP contribution in [0, 0.1) is 69.2 Å². The molecular formula is C67H102N15Na2O28PdS-. The molecule has 5 heterocycles. The van der Waals surface area contributed by atoms with Crippen LogP contribution in [0.3, 0.4) is 0 Å². The number of allylic oxidation sites excluding steroid dienone is 2. The minimum atomic E-state index is -3.66. The Morgan fingerprint density at radius 1 is 0.588 bits per heavy atom. The van der Waals surface area contributed by atoms with E-state index in [9.17, 15) is 81.7 Å². The van der Waals surface area contributed by atoms with Crippen molar-refractivity contribution in [1.82, 2.24) is 39.1 Å². The number of hydrogen-bond acceptors (Lipinski definition) is 33. The number of nitro groups is 2. The van der Waals surface area contributed by atoms with Gasteiger partial charge < -0.3 is 73.2 Å². The molecule has 0 aliphatic carbocycles. The number of aliphatic imine (C=N–C) groups is 1. The molecule has 632 valence electrons. The molecule has 4 aromatic heterocycles. The zero-order chi connectivity index (χ0) is 84.5. The van der Waals surface area contributed by atoms with Crippen LogP contribution in [0.15, 0.2) is 89.1 Å². The number of esters is 5. The number of anilines is 2. The Morgan fingerprint density at radius 2 is 0.956 bits per heavy atom. The zero-order valence-electron chi connectivity index (χ0n) is 68.2. The number of nitrogens with one attached hydrogen (secondary N) is 1. The Hall–Kier alpha value is -9.70. The van der Waals surface area contributed by atoms with E-state index in [2.05, 4.69) is 65.0 Å². The van der Waals surface area contributed by atoms with Crippen LogP contribution in [-0.4, -0.2) is 197 Å². The van der Waals surface area contributed by atoms with Crippen LogP contribution in [0.2, 0.25) is 0 Å². The Bertz CT molecular complexity index is 4110. The Kier molecular flexibility index (Phi) is 74.4. The van der Waals surface area contributed by atoms with Gasteiger partial charge in [0.05, 0.1) is 80.6 Å². The van der Waals surface area contributed by atoms with E-state index in [0.717, 1.165) is 52.8 Å². The summed E-state index contributed by atoms with van der Waals surface area (Å²) < 4.78 is 55.2. The van der Waals surface area contributed by atoms with Gasteiger partial charge in [-0.3, -0.25) is 73.6 Å². The van der Waals surface area contributed by atoms with Crippen LogP contribution in [0.25, 0.3) is 0 Å². The summed E-state index contributed by atoms with van der Waals surface area (Å²) in [5, 5.41) is 67.4. The van der Waals surface area contributed by atoms with Crippen LogP contribution >= 0.6 is 0 Å². The van der Waals surface area contributed by atoms with Gasteiger partial charge in [0.1, 0.15) is 28.6 Å². The van der Waals surface area contributed by atoms with Crippen molar-refractivity contribution in [2.45, 2.75) is 104 Å². The molecule has 114 heavy (non-hydrogen) atoms. The van der Waals surface area contributed by atoms with Crippen LogP contribution in [-0.2, 0) is 120 Å². The SMILES string of the molecule is CC(C)=O.CCOC(=O)/C([O-])=C/C(C)=O.CCOC(=O)C(=O)OCC.CCOC(=O)C1=CC(C)=NC1.CCOC(=O)c1cc(C)nn1C.COS(=O)(=O)OC.Cc1cc(C(=O)O)n(C)n1.Cc1ccccc1N.Cc1ccccc1NC(=O)c1c([N+](=O)[O-])c(C)nn1C.Cc1nn(C)c(C(=O)O)c1[N+](=O)[O-].NN.O.[CH3-].[Na+].[Na+].[OH-].[Pd]. The van der Waals surface area contributed by atoms with Gasteiger partial charge >= 0.3 is 123 Å². The number of carboxylic acids is 2. The normalized spacial score (nSPS) is 9.83. The number of hydrogen-bond donors (Lipinski definition) is 6. The summed E-state index contributed by atoms with van der Waals surface area (Å²) >= 11 is 0. The average molecular weight is 1750 g/mol. The third-order valence-corrected chi connectivity index (χ3v) is 12.6. The standard InChI is InChI=1S/C13H14N4O3.C8H12N2O2.C8H11NO2.C7H9N.C7H10O4.C6H7N3O4.C6H8N2O2.C6H10O4.C3H6O.C2H6O4S.CH3.H4N2.2Na.2H2O.Pd/c1-8-6-4-5-7-10(8)14-13(18)12-11(17(19)20)9(2)15-16(12)3;1-4-12-8(11)7-5-6(2)9-10(7)3;1-3-11-8(10)7-4-6(2)9-5-7;1-6-4-2-3-5-7(6)8;1-3-11-7(10)6(9)4-5(2)8;1-3-4(9(12)13)5(6(10)11)8(2)7-3;1-4-3-5(6(9)10)8(2)7-4;1-3-9-5(7)6(8)10-4-2;1-3(2)4;1-5-7(3,4)6-2;;1-2;;;;;/h4-7H,1-3H3,(H,14,18);5H,4H2,1-3H3;4H,3,5H2,1-2H3;2-5H,8H2,1H3;4,9H,3H2,1-2H3;1-2H3,(H,10,11);3H,1-2H3,(H,9,10);3-4H2,1-2H3;1-2H3;1-2H3;1H3;1-2H2;;;2*1H2;/q;;;;;;;;;;-1;;2*+1;;;/p-2/b;;;;6-4-;;;;;;;;;;;;. The first-order valence-corrected chi connectivity index (χ1v) is 32.8. The molecule has 1 amide bonds. The number of rotatable bonds is 17. The number of aromatic carboxylic acids is 2. The van der Waals surface area contributed by atoms with Crippen LogP contribution < -0.4 is 87.0 Å². The van der Waals surface area contributed by atoms with Crippen molar-refractivity contribution in [1.29, 1.82) is 0 Å². The maximum absolute atomic E-state index is 12.2. The van der Waals surface area contributed by atoms with E-state index in [1.165, 1.54) is 68.8 Å².